The molecule has 0 saturated heterocycles. The molecule has 92 valence electrons. The van der Waals surface area contributed by atoms with Crippen molar-refractivity contribution in [3.8, 4) is 0 Å². The van der Waals surface area contributed by atoms with Gasteiger partial charge in [-0.25, -0.2) is 0 Å². The van der Waals surface area contributed by atoms with E-state index >= 15 is 0 Å². The smallest absolute Gasteiger partial charge is 0.0931 e. The second-order valence-corrected chi connectivity index (χ2v) is 6.53. The molecule has 0 radical (unpaired) electrons. The van der Waals surface area contributed by atoms with E-state index in [0.717, 1.165) is 30.3 Å². The van der Waals surface area contributed by atoms with Crippen molar-refractivity contribution in [3.05, 3.63) is 21.3 Å². The van der Waals surface area contributed by atoms with Crippen LogP contribution in [0.25, 0.3) is 0 Å². The van der Waals surface area contributed by atoms with Crippen LogP contribution < -0.4 is 5.73 Å². The van der Waals surface area contributed by atoms with Gasteiger partial charge in [0.15, 0.2) is 0 Å². The van der Waals surface area contributed by atoms with Crippen LogP contribution in [0.2, 0.25) is 4.34 Å². The van der Waals surface area contributed by atoms with Gasteiger partial charge in [-0.3, -0.25) is 0 Å². The van der Waals surface area contributed by atoms with Gasteiger partial charge < -0.3 is 10.6 Å². The molecule has 0 aliphatic heterocycles. The summed E-state index contributed by atoms with van der Waals surface area (Å²) >= 11 is 7.57. The summed E-state index contributed by atoms with van der Waals surface area (Å²) < 4.78 is 0.874. The maximum atomic E-state index is 5.90. The van der Waals surface area contributed by atoms with E-state index in [4.69, 9.17) is 17.3 Å². The summed E-state index contributed by atoms with van der Waals surface area (Å²) in [7, 11) is 2.16. The Hall–Kier alpha value is -0.0900. The van der Waals surface area contributed by atoms with Gasteiger partial charge in [0.1, 0.15) is 0 Å². The van der Waals surface area contributed by atoms with Crippen molar-refractivity contribution in [1.29, 1.82) is 0 Å². The normalized spacial score (nSPS) is 12.4. The van der Waals surface area contributed by atoms with Crippen molar-refractivity contribution in [2.45, 2.75) is 32.2 Å². The standard InChI is InChI=1S/C12H21ClN2S/c1-12(2,7-8-14)15(3)9-6-10-4-5-11(13)16-10/h4-5H,6-9,14H2,1-3H3. The number of hydrogen-bond donors (Lipinski definition) is 1. The zero-order valence-corrected chi connectivity index (χ0v) is 11.9. The van der Waals surface area contributed by atoms with Crippen molar-refractivity contribution in [3.63, 3.8) is 0 Å². The van der Waals surface area contributed by atoms with E-state index in [1.807, 2.05) is 6.07 Å². The molecule has 1 aromatic rings. The zero-order valence-electron chi connectivity index (χ0n) is 10.3. The fourth-order valence-electron chi connectivity index (χ4n) is 1.61. The van der Waals surface area contributed by atoms with Gasteiger partial charge in [-0.05, 0) is 52.4 Å². The Morgan fingerprint density at radius 2 is 2.12 bits per heavy atom. The minimum atomic E-state index is 0.176. The first-order valence-electron chi connectivity index (χ1n) is 5.61. The fourth-order valence-corrected chi connectivity index (χ4v) is 2.69. The summed E-state index contributed by atoms with van der Waals surface area (Å²) in [5, 5.41) is 0. The summed E-state index contributed by atoms with van der Waals surface area (Å²) in [6, 6.07) is 4.07. The van der Waals surface area contributed by atoms with E-state index in [0.29, 0.717) is 0 Å². The molecule has 1 rings (SSSR count). The molecule has 1 heterocycles. The Bertz CT molecular complexity index is 323. The van der Waals surface area contributed by atoms with Crippen LogP contribution in [-0.2, 0) is 6.42 Å². The van der Waals surface area contributed by atoms with Crippen molar-refractivity contribution in [1.82, 2.24) is 4.90 Å². The largest absolute Gasteiger partial charge is 0.330 e. The lowest BCUT2D eigenvalue weighted by Gasteiger charge is -2.35. The first-order valence-corrected chi connectivity index (χ1v) is 6.80. The van der Waals surface area contributed by atoms with Crippen molar-refractivity contribution >= 4 is 22.9 Å². The second-order valence-electron chi connectivity index (χ2n) is 4.73. The molecule has 0 amide bonds. The summed E-state index contributed by atoms with van der Waals surface area (Å²) in [6.45, 7) is 6.26. The third-order valence-corrected chi connectivity index (χ3v) is 4.40. The third-order valence-electron chi connectivity index (χ3n) is 3.11. The monoisotopic (exact) mass is 260 g/mol. The molecular formula is C12H21ClN2S. The zero-order chi connectivity index (χ0) is 12.2. The van der Waals surface area contributed by atoms with E-state index in [9.17, 15) is 0 Å². The molecule has 0 unspecified atom stereocenters. The lowest BCUT2D eigenvalue weighted by Crippen LogP contribution is -2.43. The predicted octanol–water partition coefficient (Wildman–Crippen LogP) is 3.00. The van der Waals surface area contributed by atoms with Crippen LogP contribution in [0.3, 0.4) is 0 Å². The summed E-state index contributed by atoms with van der Waals surface area (Å²) in [5.74, 6) is 0. The first kappa shape index (κ1) is 14.0. The Kier molecular flexibility index (Phi) is 5.25. The second kappa shape index (κ2) is 6.01. The molecule has 16 heavy (non-hydrogen) atoms. The van der Waals surface area contributed by atoms with Gasteiger partial charge in [-0.1, -0.05) is 11.6 Å². The van der Waals surface area contributed by atoms with E-state index in [-0.39, 0.29) is 5.54 Å². The average Bonchev–Trinajstić information content (AvgIpc) is 2.60. The molecule has 0 aliphatic rings. The number of rotatable bonds is 6. The number of halogens is 1. The van der Waals surface area contributed by atoms with Crippen molar-refractivity contribution in [2.24, 2.45) is 5.73 Å². The Morgan fingerprint density at radius 1 is 1.44 bits per heavy atom. The van der Waals surface area contributed by atoms with Gasteiger partial charge in [0, 0.05) is 17.0 Å². The quantitative estimate of drug-likeness (QED) is 0.852. The van der Waals surface area contributed by atoms with Crippen LogP contribution in [0, 0.1) is 0 Å². The molecule has 0 atom stereocenters. The highest BCUT2D eigenvalue weighted by atomic mass is 35.5. The van der Waals surface area contributed by atoms with E-state index in [1.165, 1.54) is 4.88 Å². The number of likely N-dealkylation sites (N-methyl/N-ethyl adjacent to an activating group) is 1. The molecule has 0 aliphatic carbocycles. The summed E-state index contributed by atoms with van der Waals surface area (Å²) in [5.41, 5.74) is 5.80. The Balaban J connectivity index is 2.43. The summed E-state index contributed by atoms with van der Waals surface area (Å²) in [4.78, 5) is 3.72. The molecule has 2 nitrogen and oxygen atoms in total. The average molecular weight is 261 g/mol. The first-order chi connectivity index (χ1) is 7.45. The van der Waals surface area contributed by atoms with Gasteiger partial charge in [0.05, 0.1) is 4.34 Å². The van der Waals surface area contributed by atoms with E-state index in [2.05, 4.69) is 31.9 Å². The minimum absolute atomic E-state index is 0.176. The lowest BCUT2D eigenvalue weighted by atomic mass is 9.98. The number of hydrogen-bond acceptors (Lipinski definition) is 3. The molecular weight excluding hydrogens is 240 g/mol. The van der Waals surface area contributed by atoms with Crippen LogP contribution in [0.1, 0.15) is 25.1 Å². The summed E-state index contributed by atoms with van der Waals surface area (Å²) in [6.07, 6.45) is 2.08. The highest BCUT2D eigenvalue weighted by Gasteiger charge is 2.21. The van der Waals surface area contributed by atoms with E-state index < -0.39 is 0 Å². The number of nitrogens with two attached hydrogens (primary N) is 1. The maximum Gasteiger partial charge on any atom is 0.0931 e. The fraction of sp³-hybridized carbons (Fsp3) is 0.667. The van der Waals surface area contributed by atoms with Gasteiger partial charge in [0.2, 0.25) is 0 Å². The number of nitrogens with zero attached hydrogens (tertiary/aromatic N) is 1. The highest BCUT2D eigenvalue weighted by molar-refractivity contribution is 7.16. The van der Waals surface area contributed by atoms with Gasteiger partial charge in [-0.15, -0.1) is 11.3 Å². The highest BCUT2D eigenvalue weighted by Crippen LogP contribution is 2.23. The molecule has 1 aromatic heterocycles. The molecule has 4 heteroatoms. The Labute approximate surface area is 107 Å². The van der Waals surface area contributed by atoms with Crippen molar-refractivity contribution in [2.75, 3.05) is 20.1 Å². The van der Waals surface area contributed by atoms with Crippen LogP contribution in [0.5, 0.6) is 0 Å². The van der Waals surface area contributed by atoms with E-state index in [1.54, 1.807) is 11.3 Å². The van der Waals surface area contributed by atoms with Crippen LogP contribution >= 0.6 is 22.9 Å². The van der Waals surface area contributed by atoms with Crippen LogP contribution in [0.4, 0.5) is 0 Å². The van der Waals surface area contributed by atoms with Gasteiger partial charge >= 0.3 is 0 Å². The molecule has 0 spiro atoms. The molecule has 2 N–H and O–H groups in total. The molecule has 0 fully saturated rings. The number of thiophene rings is 1. The molecule has 0 aromatic carbocycles. The predicted molar refractivity (Wildman–Crippen MR) is 73.4 cm³/mol. The minimum Gasteiger partial charge on any atom is -0.330 e. The van der Waals surface area contributed by atoms with Gasteiger partial charge in [0.25, 0.3) is 0 Å². The third kappa shape index (κ3) is 4.06. The lowest BCUT2D eigenvalue weighted by molar-refractivity contribution is 0.150. The maximum absolute atomic E-state index is 5.90. The topological polar surface area (TPSA) is 29.3 Å². The van der Waals surface area contributed by atoms with Crippen LogP contribution in [-0.4, -0.2) is 30.6 Å². The van der Waals surface area contributed by atoms with Crippen molar-refractivity contribution < 1.29 is 0 Å². The SMILES string of the molecule is CN(CCc1ccc(Cl)s1)C(C)(C)CCN. The molecule has 0 saturated carbocycles. The molecule has 0 bridgehead atoms. The Morgan fingerprint density at radius 3 is 2.62 bits per heavy atom. The van der Waals surface area contributed by atoms with Gasteiger partial charge in [-0.2, -0.15) is 0 Å². The van der Waals surface area contributed by atoms with Crippen LogP contribution in [0.15, 0.2) is 12.1 Å².